The van der Waals surface area contributed by atoms with Crippen LogP contribution in [0.5, 0.6) is 0 Å². The molecule has 0 aliphatic heterocycles. The summed E-state index contributed by atoms with van der Waals surface area (Å²) in [5, 5.41) is 10.8. The Bertz CT molecular complexity index is 880. The average molecular weight is 302 g/mol. The minimum atomic E-state index is 0.209. The lowest BCUT2D eigenvalue weighted by Gasteiger charge is -2.00. The highest BCUT2D eigenvalue weighted by Crippen LogP contribution is 2.32. The van der Waals surface area contributed by atoms with Gasteiger partial charge in [0.25, 0.3) is 0 Å². The van der Waals surface area contributed by atoms with Gasteiger partial charge in [-0.05, 0) is 23.7 Å². The first-order valence-electron chi connectivity index (χ1n) is 5.92. The van der Waals surface area contributed by atoms with Gasteiger partial charge in [0, 0.05) is 10.9 Å². The van der Waals surface area contributed by atoms with Crippen molar-refractivity contribution in [2.24, 2.45) is 0 Å². The number of nitrogens with one attached hydrogen (secondary N) is 2. The normalized spacial score (nSPS) is 11.4. The molecule has 0 aliphatic carbocycles. The maximum Gasteiger partial charge on any atom is 0.225 e. The van der Waals surface area contributed by atoms with Crippen LogP contribution in [0, 0.1) is 0 Å². The molecule has 0 saturated carbocycles. The number of benzene rings is 1. The van der Waals surface area contributed by atoms with Gasteiger partial charge in [-0.2, -0.15) is 10.1 Å². The number of aromatic amines is 2. The quantitative estimate of drug-likeness (QED) is 0.438. The topological polar surface area (TPSA) is 70.2 Å². The summed E-state index contributed by atoms with van der Waals surface area (Å²) in [6.45, 7) is 0. The molecule has 4 rings (SSSR count). The first-order chi connectivity index (χ1) is 9.79. The fourth-order valence-corrected chi connectivity index (χ4v) is 3.23. The van der Waals surface area contributed by atoms with Crippen LogP contribution < -0.4 is 0 Å². The van der Waals surface area contributed by atoms with Gasteiger partial charge in [0.2, 0.25) is 5.28 Å². The Labute approximate surface area is 122 Å². The van der Waals surface area contributed by atoms with Gasteiger partial charge in [-0.1, -0.05) is 30.0 Å². The lowest BCUT2D eigenvalue weighted by molar-refractivity contribution is 1.06. The van der Waals surface area contributed by atoms with Crippen LogP contribution in [0.4, 0.5) is 0 Å². The Hall–Kier alpha value is -2.05. The molecular weight excluding hydrogens is 294 g/mol. The largest absolute Gasteiger partial charge is 0.349 e. The summed E-state index contributed by atoms with van der Waals surface area (Å²) in [5.74, 6) is 0. The smallest absolute Gasteiger partial charge is 0.225 e. The first kappa shape index (κ1) is 11.7. The van der Waals surface area contributed by atoms with E-state index in [9.17, 15) is 0 Å². The lowest BCUT2D eigenvalue weighted by Crippen LogP contribution is -1.87. The van der Waals surface area contributed by atoms with E-state index in [1.54, 1.807) is 6.20 Å². The summed E-state index contributed by atoms with van der Waals surface area (Å²) in [5.41, 5.74) is 1.74. The highest BCUT2D eigenvalue weighted by atomic mass is 35.5. The van der Waals surface area contributed by atoms with Crippen LogP contribution in [0.2, 0.25) is 5.28 Å². The zero-order chi connectivity index (χ0) is 13.5. The molecule has 0 amide bonds. The van der Waals surface area contributed by atoms with Gasteiger partial charge in [0.15, 0.2) is 5.65 Å². The Morgan fingerprint density at radius 3 is 2.95 bits per heavy atom. The van der Waals surface area contributed by atoms with Gasteiger partial charge in [0.05, 0.1) is 16.6 Å². The number of para-hydroxylation sites is 1. The van der Waals surface area contributed by atoms with Gasteiger partial charge in [0.1, 0.15) is 5.03 Å². The van der Waals surface area contributed by atoms with Gasteiger partial charge >= 0.3 is 0 Å². The minimum Gasteiger partial charge on any atom is -0.349 e. The molecule has 0 atom stereocenters. The Balaban J connectivity index is 1.81. The van der Waals surface area contributed by atoms with Crippen molar-refractivity contribution in [1.29, 1.82) is 0 Å². The van der Waals surface area contributed by atoms with Gasteiger partial charge in [-0.15, -0.1) is 0 Å². The van der Waals surface area contributed by atoms with E-state index in [-0.39, 0.29) is 5.28 Å². The van der Waals surface area contributed by atoms with Crippen molar-refractivity contribution in [1.82, 2.24) is 25.1 Å². The second-order valence-electron chi connectivity index (χ2n) is 4.25. The van der Waals surface area contributed by atoms with E-state index in [0.29, 0.717) is 5.65 Å². The third kappa shape index (κ3) is 1.93. The summed E-state index contributed by atoms with van der Waals surface area (Å²) in [6.07, 6.45) is 1.71. The van der Waals surface area contributed by atoms with E-state index in [2.05, 4.69) is 37.3 Å². The van der Waals surface area contributed by atoms with E-state index in [0.717, 1.165) is 21.0 Å². The van der Waals surface area contributed by atoms with Crippen LogP contribution in [-0.4, -0.2) is 25.1 Å². The molecule has 0 saturated heterocycles. The Kier molecular flexibility index (Phi) is 2.64. The number of rotatable bonds is 2. The molecule has 0 bridgehead atoms. The molecule has 7 heteroatoms. The Morgan fingerprint density at radius 2 is 2.05 bits per heavy atom. The third-order valence-corrected chi connectivity index (χ3v) is 4.07. The molecule has 0 radical (unpaired) electrons. The molecule has 5 nitrogen and oxygen atoms in total. The van der Waals surface area contributed by atoms with E-state index < -0.39 is 0 Å². The van der Waals surface area contributed by atoms with Crippen LogP contribution >= 0.6 is 23.4 Å². The van der Waals surface area contributed by atoms with Crippen molar-refractivity contribution in [2.75, 3.05) is 0 Å². The molecule has 0 spiro atoms. The van der Waals surface area contributed by atoms with Crippen molar-refractivity contribution < 1.29 is 0 Å². The van der Waals surface area contributed by atoms with Gasteiger partial charge in [-0.25, -0.2) is 4.98 Å². The number of hydrogen-bond acceptors (Lipinski definition) is 4. The summed E-state index contributed by atoms with van der Waals surface area (Å²) >= 11 is 7.44. The fourth-order valence-electron chi connectivity index (χ4n) is 2.07. The van der Waals surface area contributed by atoms with Crippen LogP contribution in [0.15, 0.2) is 46.6 Å². The molecule has 1 aromatic carbocycles. The predicted octanol–water partition coefficient (Wildman–Crippen LogP) is 3.64. The SMILES string of the molecule is Clc1nc(Sc2cc3ccccc3[nH]2)c2cn[nH]c2n1. The second-order valence-corrected chi connectivity index (χ2v) is 5.62. The van der Waals surface area contributed by atoms with E-state index in [1.165, 1.54) is 17.1 Å². The molecule has 98 valence electrons. The van der Waals surface area contributed by atoms with Crippen LogP contribution in [-0.2, 0) is 0 Å². The summed E-state index contributed by atoms with van der Waals surface area (Å²) in [6, 6.07) is 10.2. The van der Waals surface area contributed by atoms with Crippen molar-refractivity contribution >= 4 is 45.3 Å². The molecule has 3 heterocycles. The molecule has 4 aromatic rings. The molecule has 0 fully saturated rings. The van der Waals surface area contributed by atoms with Crippen LogP contribution in [0.1, 0.15) is 0 Å². The number of hydrogen-bond donors (Lipinski definition) is 2. The van der Waals surface area contributed by atoms with Crippen molar-refractivity contribution in [3.8, 4) is 0 Å². The summed E-state index contributed by atoms with van der Waals surface area (Å²) < 4.78 is 0. The van der Waals surface area contributed by atoms with Crippen molar-refractivity contribution in [2.45, 2.75) is 10.1 Å². The number of H-pyrrole nitrogens is 2. The van der Waals surface area contributed by atoms with Gasteiger partial charge in [-0.3, -0.25) is 5.10 Å². The number of fused-ring (bicyclic) bond motifs is 2. The second kappa shape index (κ2) is 4.50. The summed E-state index contributed by atoms with van der Waals surface area (Å²) in [4.78, 5) is 11.7. The maximum atomic E-state index is 5.93. The minimum absolute atomic E-state index is 0.209. The summed E-state index contributed by atoms with van der Waals surface area (Å²) in [7, 11) is 0. The number of nitrogens with zero attached hydrogens (tertiary/aromatic N) is 3. The van der Waals surface area contributed by atoms with Crippen molar-refractivity contribution in [3.63, 3.8) is 0 Å². The maximum absolute atomic E-state index is 5.93. The first-order valence-corrected chi connectivity index (χ1v) is 7.11. The Morgan fingerprint density at radius 1 is 1.15 bits per heavy atom. The van der Waals surface area contributed by atoms with Crippen LogP contribution in [0.25, 0.3) is 21.9 Å². The third-order valence-electron chi connectivity index (χ3n) is 2.96. The fraction of sp³-hybridized carbons (Fsp3) is 0. The molecule has 0 aliphatic rings. The zero-order valence-corrected chi connectivity index (χ0v) is 11.7. The van der Waals surface area contributed by atoms with Gasteiger partial charge < -0.3 is 4.98 Å². The lowest BCUT2D eigenvalue weighted by atomic mass is 10.3. The standard InChI is InChI=1S/C13H8ClN5S/c14-13-17-11-8(6-15-19-11)12(18-13)20-10-5-7-3-1-2-4-9(7)16-10/h1-6,16H,(H,15,17,18,19). The highest BCUT2D eigenvalue weighted by molar-refractivity contribution is 7.99. The van der Waals surface area contributed by atoms with E-state index in [4.69, 9.17) is 11.6 Å². The average Bonchev–Trinajstić information content (AvgIpc) is 3.03. The molecule has 20 heavy (non-hydrogen) atoms. The highest BCUT2D eigenvalue weighted by Gasteiger charge is 2.11. The predicted molar refractivity (Wildman–Crippen MR) is 79.1 cm³/mol. The monoisotopic (exact) mass is 301 g/mol. The molecule has 2 N–H and O–H groups in total. The zero-order valence-electron chi connectivity index (χ0n) is 10.1. The van der Waals surface area contributed by atoms with Crippen molar-refractivity contribution in [3.05, 3.63) is 41.8 Å². The number of aromatic nitrogens is 5. The van der Waals surface area contributed by atoms with E-state index >= 15 is 0 Å². The number of halogens is 1. The molecular formula is C13H8ClN5S. The van der Waals surface area contributed by atoms with E-state index in [1.807, 2.05) is 18.2 Å². The molecule has 3 aromatic heterocycles. The van der Waals surface area contributed by atoms with Crippen LogP contribution in [0.3, 0.4) is 0 Å². The molecule has 0 unspecified atom stereocenters.